The Labute approximate surface area is 125 Å². The van der Waals surface area contributed by atoms with E-state index in [2.05, 4.69) is 38.5 Å². The van der Waals surface area contributed by atoms with Gasteiger partial charge in [-0.1, -0.05) is 27.5 Å². The van der Waals surface area contributed by atoms with Crippen LogP contribution >= 0.6 is 61.5 Å². The minimum Gasteiger partial charge on any atom is -0.383 e. The van der Waals surface area contributed by atoms with Crippen molar-refractivity contribution < 1.29 is 5.11 Å². The van der Waals surface area contributed by atoms with Crippen LogP contribution in [-0.4, -0.2) is 5.11 Å². The minimum atomic E-state index is -0.624. The second kappa shape index (κ2) is 5.35. The number of halogens is 3. The molecule has 1 aromatic carbocycles. The summed E-state index contributed by atoms with van der Waals surface area (Å²) < 4.78 is 2.69. The zero-order chi connectivity index (χ0) is 11.7. The van der Waals surface area contributed by atoms with Crippen LogP contribution in [0.25, 0.3) is 0 Å². The molecule has 16 heavy (non-hydrogen) atoms. The van der Waals surface area contributed by atoms with Crippen molar-refractivity contribution in [3.63, 3.8) is 0 Å². The maximum absolute atomic E-state index is 10.2. The molecule has 0 aliphatic heterocycles. The van der Waals surface area contributed by atoms with Gasteiger partial charge in [-0.3, -0.25) is 0 Å². The van der Waals surface area contributed by atoms with Gasteiger partial charge in [-0.05, 0) is 52.9 Å². The SMILES string of the molecule is OC(c1ccc(Cl)s1)c1cc(I)ccc1Br. The fraction of sp³-hybridized carbons (Fsp3) is 0.0909. The van der Waals surface area contributed by atoms with Gasteiger partial charge in [0.2, 0.25) is 0 Å². The number of aliphatic hydroxyl groups excluding tert-OH is 1. The van der Waals surface area contributed by atoms with Gasteiger partial charge in [0, 0.05) is 18.5 Å². The molecule has 2 aromatic rings. The predicted octanol–water partition coefficient (Wildman–Crippen LogP) is 4.85. The molecule has 0 bridgehead atoms. The van der Waals surface area contributed by atoms with Gasteiger partial charge in [0.15, 0.2) is 0 Å². The summed E-state index contributed by atoms with van der Waals surface area (Å²) in [6, 6.07) is 9.54. The molecule has 1 heterocycles. The first-order valence-electron chi connectivity index (χ1n) is 4.46. The number of aliphatic hydroxyl groups is 1. The lowest BCUT2D eigenvalue weighted by atomic mass is 10.1. The molecule has 5 heteroatoms. The number of benzene rings is 1. The van der Waals surface area contributed by atoms with Crippen LogP contribution in [0.3, 0.4) is 0 Å². The van der Waals surface area contributed by atoms with E-state index in [1.165, 1.54) is 11.3 Å². The predicted molar refractivity (Wildman–Crippen MR) is 80.2 cm³/mol. The number of thiophene rings is 1. The molecule has 0 saturated carbocycles. The highest BCUT2D eigenvalue weighted by atomic mass is 127. The van der Waals surface area contributed by atoms with E-state index in [1.807, 2.05) is 24.3 Å². The van der Waals surface area contributed by atoms with Crippen molar-refractivity contribution >= 4 is 61.5 Å². The lowest BCUT2D eigenvalue weighted by Gasteiger charge is -2.11. The number of rotatable bonds is 2. The normalized spacial score (nSPS) is 12.8. The standard InChI is InChI=1S/C11H7BrClIOS/c12-8-2-1-6(14)5-7(8)11(15)9-3-4-10(13)16-9/h1-5,11,15H. The van der Waals surface area contributed by atoms with Gasteiger partial charge >= 0.3 is 0 Å². The quantitative estimate of drug-likeness (QED) is 0.677. The van der Waals surface area contributed by atoms with Crippen LogP contribution in [0.2, 0.25) is 4.34 Å². The summed E-state index contributed by atoms with van der Waals surface area (Å²) in [5.74, 6) is 0. The van der Waals surface area contributed by atoms with Crippen molar-refractivity contribution in [3.8, 4) is 0 Å². The highest BCUT2D eigenvalue weighted by molar-refractivity contribution is 14.1. The van der Waals surface area contributed by atoms with Crippen molar-refractivity contribution in [1.82, 2.24) is 0 Å². The Morgan fingerprint density at radius 2 is 2.06 bits per heavy atom. The van der Waals surface area contributed by atoms with Crippen molar-refractivity contribution in [2.24, 2.45) is 0 Å². The zero-order valence-corrected chi connectivity index (χ0v) is 13.3. The summed E-state index contributed by atoms with van der Waals surface area (Å²) >= 11 is 12.9. The lowest BCUT2D eigenvalue weighted by Crippen LogP contribution is -1.98. The van der Waals surface area contributed by atoms with Crippen LogP contribution in [0.5, 0.6) is 0 Å². The van der Waals surface area contributed by atoms with Crippen molar-refractivity contribution in [2.45, 2.75) is 6.10 Å². The highest BCUT2D eigenvalue weighted by Gasteiger charge is 2.15. The third kappa shape index (κ3) is 2.79. The Hall–Kier alpha value is 0.380. The Morgan fingerprint density at radius 1 is 1.31 bits per heavy atom. The first kappa shape index (κ1) is 12.8. The van der Waals surface area contributed by atoms with Gasteiger partial charge in [0.25, 0.3) is 0 Å². The second-order valence-electron chi connectivity index (χ2n) is 3.21. The summed E-state index contributed by atoms with van der Waals surface area (Å²) in [5.41, 5.74) is 0.866. The van der Waals surface area contributed by atoms with E-state index in [4.69, 9.17) is 11.6 Å². The molecular formula is C11H7BrClIOS. The molecule has 1 N–H and O–H groups in total. The largest absolute Gasteiger partial charge is 0.383 e. The monoisotopic (exact) mass is 428 g/mol. The minimum absolute atomic E-state index is 0.624. The Kier molecular flexibility index (Phi) is 4.29. The molecule has 2 rings (SSSR count). The Bertz CT molecular complexity index is 514. The molecule has 1 aromatic heterocycles. The van der Waals surface area contributed by atoms with Gasteiger partial charge in [-0.25, -0.2) is 0 Å². The Balaban J connectivity index is 2.40. The van der Waals surface area contributed by atoms with Crippen LogP contribution in [-0.2, 0) is 0 Å². The molecule has 0 aliphatic rings. The lowest BCUT2D eigenvalue weighted by molar-refractivity contribution is 0.223. The molecule has 1 atom stereocenters. The zero-order valence-electron chi connectivity index (χ0n) is 7.95. The Morgan fingerprint density at radius 3 is 2.69 bits per heavy atom. The number of hydrogen-bond donors (Lipinski definition) is 1. The highest BCUT2D eigenvalue weighted by Crippen LogP contribution is 2.34. The van der Waals surface area contributed by atoms with Crippen LogP contribution in [0, 0.1) is 3.57 Å². The first-order valence-corrected chi connectivity index (χ1v) is 7.53. The van der Waals surface area contributed by atoms with E-state index in [0.717, 1.165) is 18.5 Å². The molecule has 0 radical (unpaired) electrons. The molecular weight excluding hydrogens is 422 g/mol. The average molecular weight is 430 g/mol. The van der Waals surface area contributed by atoms with Crippen molar-refractivity contribution in [1.29, 1.82) is 0 Å². The first-order chi connectivity index (χ1) is 7.58. The van der Waals surface area contributed by atoms with Crippen LogP contribution in [0.15, 0.2) is 34.8 Å². The summed E-state index contributed by atoms with van der Waals surface area (Å²) in [4.78, 5) is 0.854. The molecule has 0 fully saturated rings. The molecule has 1 unspecified atom stereocenters. The van der Waals surface area contributed by atoms with E-state index in [-0.39, 0.29) is 0 Å². The summed E-state index contributed by atoms with van der Waals surface area (Å²) in [6.45, 7) is 0. The second-order valence-corrected chi connectivity index (χ2v) is 7.06. The summed E-state index contributed by atoms with van der Waals surface area (Å²) in [5, 5.41) is 10.2. The topological polar surface area (TPSA) is 20.2 Å². The van der Waals surface area contributed by atoms with Crippen LogP contribution < -0.4 is 0 Å². The molecule has 0 spiro atoms. The van der Waals surface area contributed by atoms with E-state index >= 15 is 0 Å². The summed E-state index contributed by atoms with van der Waals surface area (Å²) in [7, 11) is 0. The van der Waals surface area contributed by atoms with E-state index in [9.17, 15) is 5.11 Å². The van der Waals surface area contributed by atoms with Crippen molar-refractivity contribution in [2.75, 3.05) is 0 Å². The maximum atomic E-state index is 10.2. The number of hydrogen-bond acceptors (Lipinski definition) is 2. The van der Waals surface area contributed by atoms with E-state index in [1.54, 1.807) is 6.07 Å². The fourth-order valence-corrected chi connectivity index (χ4v) is 3.40. The van der Waals surface area contributed by atoms with Gasteiger partial charge < -0.3 is 5.11 Å². The van der Waals surface area contributed by atoms with Gasteiger partial charge in [0.1, 0.15) is 6.10 Å². The van der Waals surface area contributed by atoms with Gasteiger partial charge in [0.05, 0.1) is 4.34 Å². The van der Waals surface area contributed by atoms with E-state index in [0.29, 0.717) is 4.34 Å². The third-order valence-corrected chi connectivity index (χ3v) is 4.79. The van der Waals surface area contributed by atoms with Crippen LogP contribution in [0.1, 0.15) is 16.5 Å². The van der Waals surface area contributed by atoms with E-state index < -0.39 is 6.10 Å². The van der Waals surface area contributed by atoms with Crippen molar-refractivity contribution in [3.05, 3.63) is 53.2 Å². The third-order valence-electron chi connectivity index (χ3n) is 2.12. The van der Waals surface area contributed by atoms with Gasteiger partial charge in [-0.15, -0.1) is 11.3 Å². The molecule has 0 aliphatic carbocycles. The van der Waals surface area contributed by atoms with Crippen LogP contribution in [0.4, 0.5) is 0 Å². The maximum Gasteiger partial charge on any atom is 0.114 e. The molecule has 0 saturated heterocycles. The fourth-order valence-electron chi connectivity index (χ4n) is 1.35. The summed E-state index contributed by atoms with van der Waals surface area (Å²) in [6.07, 6.45) is -0.624. The van der Waals surface area contributed by atoms with Gasteiger partial charge in [-0.2, -0.15) is 0 Å². The smallest absolute Gasteiger partial charge is 0.114 e. The molecule has 1 nitrogen and oxygen atoms in total. The average Bonchev–Trinajstić information content (AvgIpc) is 2.67. The molecule has 84 valence electrons. The molecule has 0 amide bonds.